The molecule has 1 aromatic heterocycles. The summed E-state index contributed by atoms with van der Waals surface area (Å²) < 4.78 is 4.58. The van der Waals surface area contributed by atoms with Crippen molar-refractivity contribution < 1.29 is 14.3 Å². The number of aromatic amines is 1. The third kappa shape index (κ3) is 2.32. The van der Waals surface area contributed by atoms with Gasteiger partial charge in [-0.2, -0.15) is 0 Å². The van der Waals surface area contributed by atoms with Crippen LogP contribution in [0.15, 0.2) is 36.5 Å². The maximum atomic E-state index is 12.1. The van der Waals surface area contributed by atoms with E-state index in [0.717, 1.165) is 5.56 Å². The highest BCUT2D eigenvalue weighted by atomic mass is 16.5. The highest BCUT2D eigenvalue weighted by Crippen LogP contribution is 2.12. The molecule has 92 valence electrons. The van der Waals surface area contributed by atoms with Gasteiger partial charge in [0.25, 0.3) is 0 Å². The molecule has 0 saturated heterocycles. The van der Waals surface area contributed by atoms with E-state index in [4.69, 9.17) is 0 Å². The van der Waals surface area contributed by atoms with E-state index in [1.807, 2.05) is 19.1 Å². The van der Waals surface area contributed by atoms with Gasteiger partial charge in [-0.25, -0.2) is 4.79 Å². The molecule has 2 rings (SSSR count). The molecular formula is C14H13NO3. The van der Waals surface area contributed by atoms with Crippen LogP contribution in [0.2, 0.25) is 0 Å². The average Bonchev–Trinajstić information content (AvgIpc) is 2.87. The molecule has 0 amide bonds. The number of aromatic nitrogens is 1. The van der Waals surface area contributed by atoms with E-state index in [1.54, 1.807) is 12.1 Å². The van der Waals surface area contributed by atoms with Crippen LogP contribution in [0.25, 0.3) is 0 Å². The van der Waals surface area contributed by atoms with Crippen LogP contribution in [-0.4, -0.2) is 23.8 Å². The number of aryl methyl sites for hydroxylation is 1. The molecule has 0 aliphatic rings. The van der Waals surface area contributed by atoms with Crippen LogP contribution in [0.3, 0.4) is 0 Å². The monoisotopic (exact) mass is 243 g/mol. The number of esters is 1. The Bertz CT molecular complexity index is 581. The summed E-state index contributed by atoms with van der Waals surface area (Å²) in [5.41, 5.74) is 2.39. The number of H-pyrrole nitrogens is 1. The predicted molar refractivity (Wildman–Crippen MR) is 66.7 cm³/mol. The highest BCUT2D eigenvalue weighted by Gasteiger charge is 2.14. The second kappa shape index (κ2) is 4.87. The van der Waals surface area contributed by atoms with Gasteiger partial charge < -0.3 is 9.72 Å². The van der Waals surface area contributed by atoms with Crippen LogP contribution in [-0.2, 0) is 4.74 Å². The van der Waals surface area contributed by atoms with Gasteiger partial charge in [0.2, 0.25) is 5.78 Å². The van der Waals surface area contributed by atoms with E-state index in [0.29, 0.717) is 16.8 Å². The summed E-state index contributed by atoms with van der Waals surface area (Å²) in [6.07, 6.45) is 1.47. The second-order valence-electron chi connectivity index (χ2n) is 3.99. The fourth-order valence-corrected chi connectivity index (χ4v) is 1.62. The van der Waals surface area contributed by atoms with E-state index in [1.165, 1.54) is 19.4 Å². The number of methoxy groups -OCH3 is 1. The first-order valence-corrected chi connectivity index (χ1v) is 5.50. The molecule has 0 spiro atoms. The molecular weight excluding hydrogens is 230 g/mol. The van der Waals surface area contributed by atoms with Gasteiger partial charge in [0.1, 0.15) is 0 Å². The molecule has 0 saturated carbocycles. The predicted octanol–water partition coefficient (Wildman–Crippen LogP) is 2.34. The summed E-state index contributed by atoms with van der Waals surface area (Å²) in [5, 5.41) is 0. The average molecular weight is 243 g/mol. The van der Waals surface area contributed by atoms with Gasteiger partial charge in [-0.05, 0) is 13.0 Å². The first-order valence-electron chi connectivity index (χ1n) is 5.50. The van der Waals surface area contributed by atoms with E-state index in [2.05, 4.69) is 9.72 Å². The van der Waals surface area contributed by atoms with E-state index < -0.39 is 5.97 Å². The normalized spacial score (nSPS) is 10.1. The Hall–Kier alpha value is -2.36. The number of carbonyl (C=O) groups excluding carboxylic acids is 2. The van der Waals surface area contributed by atoms with E-state index >= 15 is 0 Å². The minimum atomic E-state index is -0.464. The fraction of sp³-hybridized carbons (Fsp3) is 0.143. The molecule has 4 heteroatoms. The third-order valence-corrected chi connectivity index (χ3v) is 2.66. The summed E-state index contributed by atoms with van der Waals surface area (Å²) in [7, 11) is 1.30. The van der Waals surface area contributed by atoms with Crippen LogP contribution in [0.1, 0.15) is 32.0 Å². The van der Waals surface area contributed by atoms with E-state index in [-0.39, 0.29) is 5.78 Å². The lowest BCUT2D eigenvalue weighted by Crippen LogP contribution is -2.02. The van der Waals surface area contributed by atoms with E-state index in [9.17, 15) is 9.59 Å². The van der Waals surface area contributed by atoms with Gasteiger partial charge in [-0.3, -0.25) is 4.79 Å². The molecule has 4 nitrogen and oxygen atoms in total. The molecule has 18 heavy (non-hydrogen) atoms. The van der Waals surface area contributed by atoms with Crippen molar-refractivity contribution in [1.29, 1.82) is 0 Å². The van der Waals surface area contributed by atoms with Crippen LogP contribution in [0, 0.1) is 6.92 Å². The zero-order valence-corrected chi connectivity index (χ0v) is 10.2. The van der Waals surface area contributed by atoms with Gasteiger partial charge in [-0.15, -0.1) is 0 Å². The molecule has 0 bridgehead atoms. The minimum absolute atomic E-state index is 0.148. The lowest BCUT2D eigenvalue weighted by atomic mass is 10.1. The van der Waals surface area contributed by atoms with Crippen molar-refractivity contribution in [2.24, 2.45) is 0 Å². The Labute approximate surface area is 105 Å². The first kappa shape index (κ1) is 12.1. The molecule has 0 unspecified atom stereocenters. The van der Waals surface area contributed by atoms with Crippen molar-refractivity contribution in [2.75, 3.05) is 7.11 Å². The summed E-state index contributed by atoms with van der Waals surface area (Å²) in [6.45, 7) is 1.96. The molecule has 0 atom stereocenters. The van der Waals surface area contributed by atoms with Crippen LogP contribution in [0.4, 0.5) is 0 Å². The van der Waals surface area contributed by atoms with Crippen LogP contribution in [0.5, 0.6) is 0 Å². The molecule has 1 heterocycles. The molecule has 0 radical (unpaired) electrons. The number of nitrogens with one attached hydrogen (secondary N) is 1. The highest BCUT2D eigenvalue weighted by molar-refractivity contribution is 6.08. The van der Waals surface area contributed by atoms with Crippen molar-refractivity contribution >= 4 is 11.8 Å². The number of hydrogen-bond acceptors (Lipinski definition) is 3. The number of ketones is 1. The number of benzene rings is 1. The number of carbonyl (C=O) groups is 2. The lowest BCUT2D eigenvalue weighted by molar-refractivity contribution is 0.0601. The molecule has 0 fully saturated rings. The lowest BCUT2D eigenvalue weighted by Gasteiger charge is -1.98. The Balaban J connectivity index is 2.26. The number of ether oxygens (including phenoxy) is 1. The largest absolute Gasteiger partial charge is 0.465 e. The smallest absolute Gasteiger partial charge is 0.339 e. The quantitative estimate of drug-likeness (QED) is 0.665. The topological polar surface area (TPSA) is 59.2 Å². The molecule has 1 N–H and O–H groups in total. The van der Waals surface area contributed by atoms with Crippen molar-refractivity contribution in [3.63, 3.8) is 0 Å². The van der Waals surface area contributed by atoms with Crippen LogP contribution < -0.4 is 0 Å². The van der Waals surface area contributed by atoms with Crippen molar-refractivity contribution in [1.82, 2.24) is 4.98 Å². The SMILES string of the molecule is COC(=O)c1c[nH]c(C(=O)c2ccc(C)cc2)c1. The summed E-state index contributed by atoms with van der Waals surface area (Å²) >= 11 is 0. The van der Waals surface area contributed by atoms with Gasteiger partial charge in [0, 0.05) is 11.8 Å². The molecule has 0 aliphatic carbocycles. The Kier molecular flexibility index (Phi) is 3.28. The Morgan fingerprint density at radius 3 is 2.39 bits per heavy atom. The summed E-state index contributed by atoms with van der Waals surface area (Å²) in [6, 6.07) is 8.76. The minimum Gasteiger partial charge on any atom is -0.465 e. The van der Waals surface area contributed by atoms with Crippen molar-refractivity contribution in [3.8, 4) is 0 Å². The summed E-state index contributed by atoms with van der Waals surface area (Å²) in [4.78, 5) is 26.2. The second-order valence-corrected chi connectivity index (χ2v) is 3.99. The van der Waals surface area contributed by atoms with Gasteiger partial charge >= 0.3 is 5.97 Å². The number of hydrogen-bond donors (Lipinski definition) is 1. The van der Waals surface area contributed by atoms with Gasteiger partial charge in [0.15, 0.2) is 0 Å². The Morgan fingerprint density at radius 2 is 1.78 bits per heavy atom. The van der Waals surface area contributed by atoms with Crippen LogP contribution >= 0.6 is 0 Å². The fourth-order valence-electron chi connectivity index (χ4n) is 1.62. The molecule has 1 aromatic carbocycles. The molecule has 2 aromatic rings. The maximum Gasteiger partial charge on any atom is 0.339 e. The standard InChI is InChI=1S/C14H13NO3/c1-9-3-5-10(6-4-9)13(16)12-7-11(8-15-12)14(17)18-2/h3-8,15H,1-2H3. The summed E-state index contributed by atoms with van der Waals surface area (Å²) in [5.74, 6) is -0.612. The number of rotatable bonds is 3. The van der Waals surface area contributed by atoms with Gasteiger partial charge in [-0.1, -0.05) is 29.8 Å². The first-order chi connectivity index (χ1) is 8.61. The van der Waals surface area contributed by atoms with Crippen molar-refractivity contribution in [2.45, 2.75) is 6.92 Å². The zero-order chi connectivity index (χ0) is 13.1. The molecule has 0 aliphatic heterocycles. The maximum absolute atomic E-state index is 12.1. The third-order valence-electron chi connectivity index (χ3n) is 2.66. The zero-order valence-electron chi connectivity index (χ0n) is 10.2. The Morgan fingerprint density at radius 1 is 1.11 bits per heavy atom. The van der Waals surface area contributed by atoms with Gasteiger partial charge in [0.05, 0.1) is 18.4 Å². The van der Waals surface area contributed by atoms with Crippen molar-refractivity contribution in [3.05, 3.63) is 58.9 Å².